The van der Waals surface area contributed by atoms with E-state index in [2.05, 4.69) is 6.92 Å². The molecular weight excluding hydrogens is 247 g/mol. The molecule has 1 heteroatoms. The lowest BCUT2D eigenvalue weighted by atomic mass is 10.0. The van der Waals surface area contributed by atoms with Crippen LogP contribution in [0.25, 0.3) is 0 Å². The van der Waals surface area contributed by atoms with Gasteiger partial charge in [-0.05, 0) is 31.1 Å². The van der Waals surface area contributed by atoms with Crippen molar-refractivity contribution in [3.05, 3.63) is 0 Å². The van der Waals surface area contributed by atoms with Crippen LogP contribution < -0.4 is 0 Å². The Labute approximate surface area is 124 Å². The molecule has 0 bridgehead atoms. The molecule has 1 radical (unpaired) electrons. The van der Waals surface area contributed by atoms with Gasteiger partial charge in [-0.25, -0.2) is 0 Å². The Hall–Kier alpha value is 0.430. The van der Waals surface area contributed by atoms with Crippen molar-refractivity contribution in [3.63, 3.8) is 0 Å². The molecule has 0 heterocycles. The zero-order valence-corrected chi connectivity index (χ0v) is 14.2. The maximum absolute atomic E-state index is 2.30. The number of rotatable bonds is 12. The molecule has 1 aliphatic rings. The number of hydrogen-bond donors (Lipinski definition) is 0. The highest BCUT2D eigenvalue weighted by atomic mass is 31.1. The first-order valence-corrected chi connectivity index (χ1v) is 10.2. The van der Waals surface area contributed by atoms with Crippen LogP contribution in [-0.2, 0) is 0 Å². The van der Waals surface area contributed by atoms with Gasteiger partial charge >= 0.3 is 0 Å². The predicted molar refractivity (Wildman–Crippen MR) is 90.5 cm³/mol. The van der Waals surface area contributed by atoms with Crippen molar-refractivity contribution in [2.24, 2.45) is 0 Å². The summed E-state index contributed by atoms with van der Waals surface area (Å²) in [4.78, 5) is 0. The standard InChI is InChI=1S/C18H36P/c1-2-3-4-5-6-7-8-9-10-14-17-19-18-15-12-11-13-16-18/h18H,2-17H2,1H3. The third-order valence-corrected chi connectivity index (χ3v) is 6.08. The summed E-state index contributed by atoms with van der Waals surface area (Å²) in [6, 6.07) is 0. The van der Waals surface area contributed by atoms with Crippen molar-refractivity contribution in [3.8, 4) is 0 Å². The van der Waals surface area contributed by atoms with Crippen LogP contribution in [0, 0.1) is 0 Å². The normalized spacial score (nSPS) is 17.5. The van der Waals surface area contributed by atoms with Gasteiger partial charge in [-0.1, -0.05) is 92.6 Å². The van der Waals surface area contributed by atoms with Crippen LogP contribution in [0.15, 0.2) is 0 Å². The molecule has 1 rings (SSSR count). The van der Waals surface area contributed by atoms with E-state index in [1.807, 2.05) is 0 Å². The van der Waals surface area contributed by atoms with Crippen LogP contribution >= 0.6 is 8.58 Å². The zero-order chi connectivity index (χ0) is 13.6. The molecule has 19 heavy (non-hydrogen) atoms. The van der Waals surface area contributed by atoms with E-state index in [0.717, 1.165) is 5.66 Å². The Morgan fingerprint density at radius 1 is 0.684 bits per heavy atom. The molecule has 113 valence electrons. The van der Waals surface area contributed by atoms with Gasteiger partial charge in [0.15, 0.2) is 0 Å². The lowest BCUT2D eigenvalue weighted by Gasteiger charge is -2.20. The topological polar surface area (TPSA) is 0 Å². The summed E-state index contributed by atoms with van der Waals surface area (Å²) in [6.45, 7) is 2.30. The van der Waals surface area contributed by atoms with Crippen molar-refractivity contribution in [2.75, 3.05) is 6.16 Å². The lowest BCUT2D eigenvalue weighted by Crippen LogP contribution is -2.06. The van der Waals surface area contributed by atoms with Gasteiger partial charge in [-0.2, -0.15) is 0 Å². The van der Waals surface area contributed by atoms with E-state index >= 15 is 0 Å². The SMILES string of the molecule is CCCCCCCCCCCC[P]C1CCCCC1. The van der Waals surface area contributed by atoms with Crippen LogP contribution in [0.3, 0.4) is 0 Å². The van der Waals surface area contributed by atoms with Crippen LogP contribution in [0.1, 0.15) is 103 Å². The van der Waals surface area contributed by atoms with E-state index < -0.39 is 0 Å². The first-order valence-electron chi connectivity index (χ1n) is 9.10. The van der Waals surface area contributed by atoms with E-state index in [9.17, 15) is 0 Å². The maximum Gasteiger partial charge on any atom is -0.0170 e. The minimum absolute atomic E-state index is 1.08. The number of hydrogen-bond acceptors (Lipinski definition) is 0. The fraction of sp³-hybridized carbons (Fsp3) is 1.00. The van der Waals surface area contributed by atoms with Gasteiger partial charge in [-0.15, -0.1) is 0 Å². The summed E-state index contributed by atoms with van der Waals surface area (Å²) < 4.78 is 0. The average molecular weight is 283 g/mol. The Kier molecular flexibility index (Phi) is 12.3. The van der Waals surface area contributed by atoms with Gasteiger partial charge in [0.05, 0.1) is 0 Å². The minimum atomic E-state index is 1.08. The largest absolute Gasteiger partial charge is 0.0775 e. The summed E-state index contributed by atoms with van der Waals surface area (Å²) in [6.07, 6.45) is 23.8. The molecule has 0 aliphatic heterocycles. The van der Waals surface area contributed by atoms with Gasteiger partial charge in [0.1, 0.15) is 0 Å². The second-order valence-electron chi connectivity index (χ2n) is 6.38. The molecule has 0 unspecified atom stereocenters. The third kappa shape index (κ3) is 10.8. The highest BCUT2D eigenvalue weighted by Gasteiger charge is 2.12. The predicted octanol–water partition coefficient (Wildman–Crippen LogP) is 7.19. The van der Waals surface area contributed by atoms with Crippen molar-refractivity contribution in [1.82, 2.24) is 0 Å². The first-order chi connectivity index (χ1) is 9.43. The van der Waals surface area contributed by atoms with Crippen LogP contribution in [0.2, 0.25) is 0 Å². The van der Waals surface area contributed by atoms with E-state index in [0.29, 0.717) is 0 Å². The quantitative estimate of drug-likeness (QED) is 0.263. The van der Waals surface area contributed by atoms with Crippen molar-refractivity contribution in [1.29, 1.82) is 0 Å². The van der Waals surface area contributed by atoms with Gasteiger partial charge in [0, 0.05) is 0 Å². The second kappa shape index (κ2) is 13.4. The average Bonchev–Trinajstić information content (AvgIpc) is 2.46. The molecule has 1 fully saturated rings. The summed E-state index contributed by atoms with van der Waals surface area (Å²) in [5.41, 5.74) is 1.08. The minimum Gasteiger partial charge on any atom is -0.0775 e. The molecule has 0 spiro atoms. The Bertz CT molecular complexity index is 173. The zero-order valence-electron chi connectivity index (χ0n) is 13.3. The second-order valence-corrected chi connectivity index (χ2v) is 7.92. The molecule has 0 atom stereocenters. The molecule has 0 aromatic carbocycles. The van der Waals surface area contributed by atoms with E-state index in [-0.39, 0.29) is 0 Å². The molecule has 0 nitrogen and oxygen atoms in total. The highest BCUT2D eigenvalue weighted by Crippen LogP contribution is 2.33. The summed E-state index contributed by atoms with van der Waals surface area (Å²) >= 11 is 0. The molecule has 1 aliphatic carbocycles. The highest BCUT2D eigenvalue weighted by molar-refractivity contribution is 7.38. The molecule has 1 saturated carbocycles. The monoisotopic (exact) mass is 283 g/mol. The van der Waals surface area contributed by atoms with Crippen molar-refractivity contribution < 1.29 is 0 Å². The van der Waals surface area contributed by atoms with Crippen molar-refractivity contribution in [2.45, 2.75) is 109 Å². The third-order valence-electron chi connectivity index (χ3n) is 4.47. The van der Waals surface area contributed by atoms with Gasteiger partial charge in [0.25, 0.3) is 0 Å². The number of unbranched alkanes of at least 4 members (excludes halogenated alkanes) is 9. The smallest absolute Gasteiger partial charge is 0.0170 e. The van der Waals surface area contributed by atoms with E-state index in [1.165, 1.54) is 102 Å². The Morgan fingerprint density at radius 2 is 1.21 bits per heavy atom. The Balaban J connectivity index is 1.71. The van der Waals surface area contributed by atoms with Gasteiger partial charge < -0.3 is 0 Å². The van der Waals surface area contributed by atoms with Gasteiger partial charge in [0.2, 0.25) is 0 Å². The fourth-order valence-corrected chi connectivity index (χ4v) is 4.64. The summed E-state index contributed by atoms with van der Waals surface area (Å²) in [5.74, 6) is 0. The first kappa shape index (κ1) is 17.5. The van der Waals surface area contributed by atoms with Crippen LogP contribution in [0.4, 0.5) is 0 Å². The summed E-state index contributed by atoms with van der Waals surface area (Å²) in [5, 5.41) is 0. The molecule has 0 aromatic heterocycles. The van der Waals surface area contributed by atoms with Crippen molar-refractivity contribution >= 4 is 8.58 Å². The Morgan fingerprint density at radius 3 is 1.79 bits per heavy atom. The maximum atomic E-state index is 2.30. The lowest BCUT2D eigenvalue weighted by molar-refractivity contribution is 0.512. The molecule has 0 saturated heterocycles. The molecule has 0 amide bonds. The molecule has 0 N–H and O–H groups in total. The van der Waals surface area contributed by atoms with Crippen LogP contribution in [0.5, 0.6) is 0 Å². The molecule has 0 aromatic rings. The summed E-state index contributed by atoms with van der Waals surface area (Å²) in [7, 11) is 1.78. The fourth-order valence-electron chi connectivity index (χ4n) is 3.14. The van der Waals surface area contributed by atoms with E-state index in [1.54, 1.807) is 8.58 Å². The molecular formula is C18H36P. The van der Waals surface area contributed by atoms with Crippen LogP contribution in [-0.4, -0.2) is 11.8 Å². The van der Waals surface area contributed by atoms with Gasteiger partial charge in [-0.3, -0.25) is 0 Å². The van der Waals surface area contributed by atoms with E-state index in [4.69, 9.17) is 0 Å².